The maximum absolute atomic E-state index is 13.7. The van der Waals surface area contributed by atoms with Gasteiger partial charge in [-0.15, -0.1) is 0 Å². The molecule has 4 rings (SSSR count). The standard InChI is InChI=1S/C18H19FN4O3/c19-14-4-1-6-22-16(14)26-13-10-18(25-11-13)5-2-9-23(12-18)17(24)15-20-7-3-8-21-15/h1,3-4,6-8,13H,2,5,9-12H2/t13-,18-/m0/s1. The van der Waals surface area contributed by atoms with E-state index >= 15 is 0 Å². The van der Waals surface area contributed by atoms with Crippen LogP contribution in [0, 0.1) is 5.82 Å². The average molecular weight is 358 g/mol. The van der Waals surface area contributed by atoms with Gasteiger partial charge in [-0.05, 0) is 31.0 Å². The first-order valence-electron chi connectivity index (χ1n) is 8.63. The van der Waals surface area contributed by atoms with E-state index in [4.69, 9.17) is 9.47 Å². The monoisotopic (exact) mass is 358 g/mol. The second-order valence-corrected chi connectivity index (χ2v) is 6.63. The molecule has 0 saturated carbocycles. The van der Waals surface area contributed by atoms with Crippen molar-refractivity contribution in [1.29, 1.82) is 0 Å². The summed E-state index contributed by atoms with van der Waals surface area (Å²) in [5.74, 6) is -0.519. The van der Waals surface area contributed by atoms with Crippen molar-refractivity contribution in [1.82, 2.24) is 19.9 Å². The van der Waals surface area contributed by atoms with Gasteiger partial charge in [0.1, 0.15) is 6.10 Å². The molecule has 2 aliphatic heterocycles. The van der Waals surface area contributed by atoms with Crippen LogP contribution in [0.5, 0.6) is 5.88 Å². The van der Waals surface area contributed by atoms with E-state index in [1.165, 1.54) is 18.3 Å². The van der Waals surface area contributed by atoms with Crippen molar-refractivity contribution in [3.8, 4) is 5.88 Å². The molecule has 2 aromatic rings. The number of piperidine rings is 1. The third kappa shape index (κ3) is 3.37. The Labute approximate surface area is 150 Å². The molecule has 8 heteroatoms. The quantitative estimate of drug-likeness (QED) is 0.833. The van der Waals surface area contributed by atoms with Crippen LogP contribution in [0.25, 0.3) is 0 Å². The lowest BCUT2D eigenvalue weighted by molar-refractivity contribution is -0.0456. The molecule has 0 aliphatic carbocycles. The van der Waals surface area contributed by atoms with E-state index in [0.29, 0.717) is 26.1 Å². The summed E-state index contributed by atoms with van der Waals surface area (Å²) in [6.45, 7) is 1.44. The molecule has 0 aromatic carbocycles. The number of likely N-dealkylation sites (tertiary alicyclic amines) is 1. The Balaban J connectivity index is 1.43. The molecule has 7 nitrogen and oxygen atoms in total. The van der Waals surface area contributed by atoms with Gasteiger partial charge in [0.05, 0.1) is 18.8 Å². The van der Waals surface area contributed by atoms with E-state index in [1.54, 1.807) is 23.4 Å². The predicted molar refractivity (Wildman–Crippen MR) is 89.1 cm³/mol. The van der Waals surface area contributed by atoms with E-state index < -0.39 is 11.4 Å². The zero-order valence-corrected chi connectivity index (χ0v) is 14.2. The van der Waals surface area contributed by atoms with E-state index in [0.717, 1.165) is 12.8 Å². The Morgan fingerprint density at radius 2 is 2.08 bits per heavy atom. The highest BCUT2D eigenvalue weighted by molar-refractivity contribution is 5.90. The van der Waals surface area contributed by atoms with Crippen LogP contribution in [0.1, 0.15) is 29.9 Å². The van der Waals surface area contributed by atoms with Gasteiger partial charge in [0, 0.05) is 31.6 Å². The number of amides is 1. The fourth-order valence-electron chi connectivity index (χ4n) is 3.60. The number of hydrogen-bond acceptors (Lipinski definition) is 6. The highest BCUT2D eigenvalue weighted by Gasteiger charge is 2.46. The van der Waals surface area contributed by atoms with Crippen molar-refractivity contribution in [2.24, 2.45) is 0 Å². The predicted octanol–water partition coefficient (Wildman–Crippen LogP) is 1.85. The van der Waals surface area contributed by atoms with Crippen molar-refractivity contribution in [3.05, 3.63) is 48.4 Å². The molecule has 2 aromatic heterocycles. The van der Waals surface area contributed by atoms with Crippen molar-refractivity contribution in [2.45, 2.75) is 31.0 Å². The van der Waals surface area contributed by atoms with Gasteiger partial charge < -0.3 is 14.4 Å². The molecule has 2 fully saturated rings. The highest BCUT2D eigenvalue weighted by atomic mass is 19.1. The van der Waals surface area contributed by atoms with Gasteiger partial charge in [0.25, 0.3) is 11.8 Å². The lowest BCUT2D eigenvalue weighted by Gasteiger charge is -2.39. The minimum atomic E-state index is -0.491. The number of nitrogens with zero attached hydrogens (tertiary/aromatic N) is 4. The highest BCUT2D eigenvalue weighted by Crippen LogP contribution is 2.36. The molecule has 4 heterocycles. The molecule has 0 radical (unpaired) electrons. The molecule has 2 saturated heterocycles. The number of pyridine rings is 1. The Morgan fingerprint density at radius 1 is 1.27 bits per heavy atom. The molecule has 2 atom stereocenters. The molecule has 136 valence electrons. The van der Waals surface area contributed by atoms with Crippen molar-refractivity contribution >= 4 is 5.91 Å². The van der Waals surface area contributed by atoms with E-state index in [9.17, 15) is 9.18 Å². The van der Waals surface area contributed by atoms with Gasteiger partial charge in [-0.1, -0.05) is 0 Å². The molecule has 2 aliphatic rings. The SMILES string of the molecule is O=C(c1ncccn1)N1CCC[C@]2(C[C@H](Oc3ncccc3F)CO2)C1. The summed E-state index contributed by atoms with van der Waals surface area (Å²) in [4.78, 5) is 26.3. The Morgan fingerprint density at radius 3 is 2.88 bits per heavy atom. The van der Waals surface area contributed by atoms with Crippen LogP contribution < -0.4 is 4.74 Å². The summed E-state index contributed by atoms with van der Waals surface area (Å²) in [6.07, 6.45) is 6.55. The molecule has 0 unspecified atom stereocenters. The molecule has 0 bridgehead atoms. The van der Waals surface area contributed by atoms with Crippen LogP contribution in [0.4, 0.5) is 4.39 Å². The van der Waals surface area contributed by atoms with Crippen molar-refractivity contribution < 1.29 is 18.7 Å². The lowest BCUT2D eigenvalue weighted by atomic mass is 9.89. The largest absolute Gasteiger partial charge is 0.470 e. The number of ether oxygens (including phenoxy) is 2. The van der Waals surface area contributed by atoms with Crippen LogP contribution in [0.3, 0.4) is 0 Å². The second kappa shape index (κ2) is 6.95. The second-order valence-electron chi connectivity index (χ2n) is 6.63. The van der Waals surface area contributed by atoms with Crippen LogP contribution in [0.2, 0.25) is 0 Å². The molecular weight excluding hydrogens is 339 g/mol. The van der Waals surface area contributed by atoms with Crippen LogP contribution >= 0.6 is 0 Å². The maximum Gasteiger partial charge on any atom is 0.291 e. The van der Waals surface area contributed by atoms with E-state index in [1.807, 2.05) is 0 Å². The zero-order valence-electron chi connectivity index (χ0n) is 14.2. The number of aromatic nitrogens is 3. The third-order valence-corrected chi connectivity index (χ3v) is 4.76. The van der Waals surface area contributed by atoms with E-state index in [-0.39, 0.29) is 23.7 Å². The first-order valence-corrected chi connectivity index (χ1v) is 8.63. The topological polar surface area (TPSA) is 77.4 Å². The first-order chi connectivity index (χ1) is 12.7. The number of carbonyl (C=O) groups is 1. The fraction of sp³-hybridized carbons (Fsp3) is 0.444. The van der Waals surface area contributed by atoms with Crippen molar-refractivity contribution in [2.75, 3.05) is 19.7 Å². The Kier molecular flexibility index (Phi) is 4.50. The number of carbonyl (C=O) groups excluding carboxylic acids is 1. The molecule has 1 amide bonds. The fourth-order valence-corrected chi connectivity index (χ4v) is 3.60. The summed E-state index contributed by atoms with van der Waals surface area (Å²) in [7, 11) is 0. The average Bonchev–Trinajstić information content (AvgIpc) is 3.05. The summed E-state index contributed by atoms with van der Waals surface area (Å²) in [5, 5.41) is 0. The third-order valence-electron chi connectivity index (χ3n) is 4.76. The number of rotatable bonds is 3. The van der Waals surface area contributed by atoms with Gasteiger partial charge in [-0.25, -0.2) is 19.3 Å². The number of halogens is 1. The number of hydrogen-bond donors (Lipinski definition) is 0. The molecular formula is C18H19FN4O3. The van der Waals surface area contributed by atoms with E-state index in [2.05, 4.69) is 15.0 Å². The van der Waals surface area contributed by atoms with Gasteiger partial charge in [0.2, 0.25) is 5.82 Å². The summed E-state index contributed by atoms with van der Waals surface area (Å²) in [6, 6.07) is 4.51. The lowest BCUT2D eigenvalue weighted by Crippen LogP contribution is -2.50. The van der Waals surface area contributed by atoms with Crippen LogP contribution in [-0.4, -0.2) is 57.2 Å². The summed E-state index contributed by atoms with van der Waals surface area (Å²) in [5.41, 5.74) is -0.474. The minimum Gasteiger partial charge on any atom is -0.470 e. The minimum absolute atomic E-state index is 0.0143. The van der Waals surface area contributed by atoms with Gasteiger partial charge in [-0.2, -0.15) is 0 Å². The molecule has 0 N–H and O–H groups in total. The Bertz CT molecular complexity index is 791. The van der Waals surface area contributed by atoms with Crippen molar-refractivity contribution in [3.63, 3.8) is 0 Å². The van der Waals surface area contributed by atoms with Crippen LogP contribution in [0.15, 0.2) is 36.8 Å². The van der Waals surface area contributed by atoms with Crippen LogP contribution in [-0.2, 0) is 4.74 Å². The Hall–Kier alpha value is -2.61. The summed E-state index contributed by atoms with van der Waals surface area (Å²) >= 11 is 0. The maximum atomic E-state index is 13.7. The molecule has 1 spiro atoms. The van der Waals surface area contributed by atoms with Gasteiger partial charge in [-0.3, -0.25) is 4.79 Å². The first kappa shape index (κ1) is 16.8. The van der Waals surface area contributed by atoms with Gasteiger partial charge in [0.15, 0.2) is 5.82 Å². The summed E-state index contributed by atoms with van der Waals surface area (Å²) < 4.78 is 25.4. The normalized spacial score (nSPS) is 25.4. The van der Waals surface area contributed by atoms with Gasteiger partial charge >= 0.3 is 0 Å². The smallest absolute Gasteiger partial charge is 0.291 e. The molecule has 26 heavy (non-hydrogen) atoms. The zero-order chi connectivity index (χ0) is 18.0.